The number of benzene rings is 3. The van der Waals surface area contributed by atoms with E-state index in [1.54, 1.807) is 0 Å². The maximum absolute atomic E-state index is 13.8. The zero-order chi connectivity index (χ0) is 47.0. The third-order valence-electron chi connectivity index (χ3n) is 9.67. The van der Waals surface area contributed by atoms with E-state index in [1.165, 1.54) is 15.9 Å². The molecule has 350 valence electrons. The third kappa shape index (κ3) is 18.9. The van der Waals surface area contributed by atoms with E-state index in [4.69, 9.17) is 83.8 Å². The molecule has 64 heavy (non-hydrogen) atoms. The smallest absolute Gasteiger partial charge is 0.353 e. The standard InChI is InChI=1S/C43H51Cl6N4O10P/c44-37(45)40(58)50-23-20-34(55)61-27-43(28-62-35(56)21-24-51-41(59)38(46)47,29-63-36(57)22-25-52-42(60)39(48)49)53-33(54)19-11-4-12-26-64(30-13-5-1-6-14-30,31-15-7-2-8-16-31)32-17-9-3-10-18-32/h1-3,5-10,13-18,37-39,64H,4,11-12,19-29H2,(H,50,58)(H,51,59)(H,52,60)(H,53,54). The summed E-state index contributed by atoms with van der Waals surface area (Å²) in [6.45, 7) is -2.58. The minimum absolute atomic E-state index is 0.00763. The van der Waals surface area contributed by atoms with Gasteiger partial charge in [-0.3, -0.25) is 14.4 Å². The first-order chi connectivity index (χ1) is 30.6. The van der Waals surface area contributed by atoms with Crippen molar-refractivity contribution in [3.05, 3.63) is 91.0 Å². The van der Waals surface area contributed by atoms with E-state index in [0.717, 1.165) is 12.6 Å². The van der Waals surface area contributed by atoms with Gasteiger partial charge in [0.1, 0.15) is 0 Å². The molecule has 0 fully saturated rings. The summed E-state index contributed by atoms with van der Waals surface area (Å²) < 4.78 is 16.4. The number of carbonyl (C=O) groups is 7. The molecule has 0 aliphatic rings. The van der Waals surface area contributed by atoms with Crippen LogP contribution in [0, 0.1) is 0 Å². The van der Waals surface area contributed by atoms with Crippen LogP contribution in [0.5, 0.6) is 0 Å². The Morgan fingerprint density at radius 3 is 1.11 bits per heavy atom. The molecule has 0 aliphatic heterocycles. The molecular weight excluding hydrogens is 976 g/mol. The zero-order valence-corrected chi connectivity index (χ0v) is 40.2. The summed E-state index contributed by atoms with van der Waals surface area (Å²) in [6.07, 6.45) is 1.67. The summed E-state index contributed by atoms with van der Waals surface area (Å²) in [5.74, 6) is -5.29. The Bertz CT molecular complexity index is 1770. The SMILES string of the molecule is O=C(CCCCC[PH](c1ccccc1)(c1ccccc1)c1ccccc1)NC(COC(=O)CCNC(=O)C(Cl)Cl)(COC(=O)CCNC(=O)C(Cl)Cl)COC(=O)CCNC(=O)C(Cl)Cl. The maximum atomic E-state index is 13.8. The summed E-state index contributed by atoms with van der Waals surface area (Å²) >= 11 is 33.3. The predicted octanol–water partition coefficient (Wildman–Crippen LogP) is 4.69. The molecule has 0 saturated heterocycles. The van der Waals surface area contributed by atoms with Crippen molar-refractivity contribution in [1.82, 2.24) is 21.3 Å². The average molecular weight is 1030 g/mol. The van der Waals surface area contributed by atoms with Crippen molar-refractivity contribution >= 4 is 134 Å². The van der Waals surface area contributed by atoms with E-state index in [9.17, 15) is 33.6 Å². The van der Waals surface area contributed by atoms with E-state index >= 15 is 0 Å². The van der Waals surface area contributed by atoms with Crippen LogP contribution in [0.25, 0.3) is 0 Å². The van der Waals surface area contributed by atoms with Crippen molar-refractivity contribution in [2.24, 2.45) is 0 Å². The Hall–Kier alpha value is -3.88. The van der Waals surface area contributed by atoms with Gasteiger partial charge in [0.2, 0.25) is 0 Å². The molecule has 14 nitrogen and oxygen atoms in total. The second-order valence-electron chi connectivity index (χ2n) is 14.4. The summed E-state index contributed by atoms with van der Waals surface area (Å²) in [5.41, 5.74) is -1.84. The molecule has 0 aliphatic carbocycles. The Morgan fingerprint density at radius 2 is 0.797 bits per heavy atom. The zero-order valence-electron chi connectivity index (χ0n) is 34.6. The van der Waals surface area contributed by atoms with Gasteiger partial charge in [-0.1, -0.05) is 69.6 Å². The second kappa shape index (κ2) is 28.9. The first-order valence-electron chi connectivity index (χ1n) is 20.2. The van der Waals surface area contributed by atoms with Crippen molar-refractivity contribution in [2.75, 3.05) is 45.6 Å². The van der Waals surface area contributed by atoms with Gasteiger partial charge in [0.05, 0.1) is 0 Å². The van der Waals surface area contributed by atoms with Crippen LogP contribution in [0.2, 0.25) is 0 Å². The predicted molar refractivity (Wildman–Crippen MR) is 253 cm³/mol. The number of unbranched alkanes of at least 4 members (excludes halogenated alkanes) is 2. The average Bonchev–Trinajstić information content (AvgIpc) is 3.28. The molecule has 0 aromatic heterocycles. The quantitative estimate of drug-likeness (QED) is 0.0261. The molecule has 3 aromatic rings. The fraction of sp³-hybridized carbons (Fsp3) is 0.419. The second-order valence-corrected chi connectivity index (χ2v) is 21.7. The Kier molecular flexibility index (Phi) is 24.6. The normalized spacial score (nSPS) is 11.7. The summed E-state index contributed by atoms with van der Waals surface area (Å²) in [7, 11) is -2.52. The van der Waals surface area contributed by atoms with Gasteiger partial charge in [-0.15, -0.1) is 0 Å². The molecule has 0 radical (unpaired) electrons. The molecule has 0 unspecified atom stereocenters. The van der Waals surface area contributed by atoms with E-state index in [-0.39, 0.29) is 45.3 Å². The Balaban J connectivity index is 1.81. The van der Waals surface area contributed by atoms with Crippen molar-refractivity contribution in [1.29, 1.82) is 0 Å². The van der Waals surface area contributed by atoms with Crippen molar-refractivity contribution < 1.29 is 47.8 Å². The number of carbonyl (C=O) groups excluding carboxylic acids is 7. The van der Waals surface area contributed by atoms with Crippen LogP contribution in [0.4, 0.5) is 0 Å². The fourth-order valence-corrected chi connectivity index (χ4v) is 11.9. The topological polar surface area (TPSA) is 195 Å². The molecule has 0 atom stereocenters. The monoisotopic (exact) mass is 1020 g/mol. The summed E-state index contributed by atoms with van der Waals surface area (Å²) in [5, 5.41) is 13.6. The van der Waals surface area contributed by atoms with E-state index < -0.39 is 88.7 Å². The molecule has 0 heterocycles. The van der Waals surface area contributed by atoms with Gasteiger partial charge in [0.15, 0.2) is 14.5 Å². The van der Waals surface area contributed by atoms with Crippen LogP contribution in [-0.2, 0) is 47.8 Å². The summed E-state index contributed by atoms with van der Waals surface area (Å²) in [4.78, 5) is 83.6. The van der Waals surface area contributed by atoms with Crippen LogP contribution < -0.4 is 37.2 Å². The van der Waals surface area contributed by atoms with Gasteiger partial charge < -0.3 is 16.0 Å². The molecule has 21 heteroatoms. The van der Waals surface area contributed by atoms with Gasteiger partial charge in [-0.25, -0.2) is 0 Å². The molecule has 0 bridgehead atoms. The number of halogens is 6. The van der Waals surface area contributed by atoms with Crippen molar-refractivity contribution in [3.8, 4) is 0 Å². The fourth-order valence-electron chi connectivity index (χ4n) is 6.51. The van der Waals surface area contributed by atoms with Crippen molar-refractivity contribution in [2.45, 2.75) is 65.0 Å². The minimum atomic E-state index is -2.52. The van der Waals surface area contributed by atoms with Gasteiger partial charge in [-0.05, 0) is 0 Å². The first kappa shape index (κ1) is 54.5. The van der Waals surface area contributed by atoms with Gasteiger partial charge in [0.25, 0.3) is 17.7 Å². The number of alkyl halides is 6. The van der Waals surface area contributed by atoms with Crippen LogP contribution in [-0.4, -0.2) is 107 Å². The van der Waals surface area contributed by atoms with Gasteiger partial charge in [0, 0.05) is 19.6 Å². The van der Waals surface area contributed by atoms with Gasteiger partial charge >= 0.3 is 253 Å². The molecule has 3 rings (SSSR count). The van der Waals surface area contributed by atoms with Crippen LogP contribution in [0.15, 0.2) is 91.0 Å². The first-order valence-corrected chi connectivity index (χ1v) is 25.0. The number of hydrogen-bond acceptors (Lipinski definition) is 10. The molecular formula is C43H51Cl6N4O10P. The molecule has 4 N–H and O–H groups in total. The van der Waals surface area contributed by atoms with Gasteiger partial charge in [-0.2, -0.15) is 0 Å². The number of hydrogen-bond donors (Lipinski definition) is 4. The number of nitrogens with one attached hydrogen (secondary N) is 4. The Labute approximate surface area is 402 Å². The number of esters is 3. The number of amides is 4. The molecule has 0 saturated carbocycles. The van der Waals surface area contributed by atoms with E-state index in [1.807, 2.05) is 54.6 Å². The van der Waals surface area contributed by atoms with Crippen LogP contribution in [0.3, 0.4) is 0 Å². The number of ether oxygens (including phenoxy) is 3. The minimum Gasteiger partial charge on any atom is -0.353 e. The van der Waals surface area contributed by atoms with E-state index in [0.29, 0.717) is 12.8 Å². The van der Waals surface area contributed by atoms with Crippen LogP contribution in [0.1, 0.15) is 44.9 Å². The van der Waals surface area contributed by atoms with Crippen molar-refractivity contribution in [3.63, 3.8) is 0 Å². The molecule has 3 aromatic carbocycles. The van der Waals surface area contributed by atoms with Crippen LogP contribution >= 0.6 is 76.9 Å². The summed E-state index contributed by atoms with van der Waals surface area (Å²) in [6, 6.07) is 31.3. The molecule has 0 spiro atoms. The molecule has 4 amide bonds. The third-order valence-corrected chi connectivity index (χ3v) is 15.9. The van der Waals surface area contributed by atoms with E-state index in [2.05, 4.69) is 57.7 Å². The number of rotatable bonds is 28. The Morgan fingerprint density at radius 1 is 0.469 bits per heavy atom.